The lowest BCUT2D eigenvalue weighted by atomic mass is 10.0. The van der Waals surface area contributed by atoms with Crippen LogP contribution >= 0.6 is 0 Å². The van der Waals surface area contributed by atoms with Gasteiger partial charge in [0, 0.05) is 30.8 Å². The number of rotatable bonds is 8. The number of nitrogens with zero attached hydrogens (tertiary/aromatic N) is 1. The molecule has 2 amide bonds. The predicted molar refractivity (Wildman–Crippen MR) is 133 cm³/mol. The molecular weight excluding hydrogens is 466 g/mol. The standard InChI is InChI=1S/C26H27N3O5S/c30-22-11-3-8-20(17-22)25(31)27-14-6-15-28-26(32)21-9-4-12-23(18-21)35(33,34)29-16-5-10-19-7-1-2-13-24(19)29/h1-4,7-9,11-13,17-18,30H,5-6,10,14-16H2,(H,27,31)(H,28,32). The molecule has 182 valence electrons. The van der Waals surface area contributed by atoms with E-state index in [4.69, 9.17) is 0 Å². The maximum Gasteiger partial charge on any atom is 0.264 e. The second-order valence-corrected chi connectivity index (χ2v) is 10.1. The Morgan fingerprint density at radius 1 is 0.857 bits per heavy atom. The van der Waals surface area contributed by atoms with Crippen LogP contribution in [0.25, 0.3) is 0 Å². The summed E-state index contributed by atoms with van der Waals surface area (Å²) in [7, 11) is -3.81. The number of benzene rings is 3. The molecular formula is C26H27N3O5S. The molecule has 0 aliphatic carbocycles. The minimum atomic E-state index is -3.81. The summed E-state index contributed by atoms with van der Waals surface area (Å²) in [5.41, 5.74) is 2.28. The van der Waals surface area contributed by atoms with Gasteiger partial charge in [-0.05, 0) is 67.3 Å². The van der Waals surface area contributed by atoms with E-state index in [1.54, 1.807) is 24.3 Å². The van der Waals surface area contributed by atoms with Crippen molar-refractivity contribution in [2.24, 2.45) is 0 Å². The summed E-state index contributed by atoms with van der Waals surface area (Å²) in [6, 6.07) is 19.5. The van der Waals surface area contributed by atoms with Crippen LogP contribution in [0.5, 0.6) is 5.75 Å². The van der Waals surface area contributed by atoms with Crippen molar-refractivity contribution >= 4 is 27.5 Å². The largest absolute Gasteiger partial charge is 0.508 e. The van der Waals surface area contributed by atoms with Crippen LogP contribution in [-0.2, 0) is 16.4 Å². The van der Waals surface area contributed by atoms with Crippen molar-refractivity contribution in [3.63, 3.8) is 0 Å². The summed E-state index contributed by atoms with van der Waals surface area (Å²) in [5.74, 6) is -0.691. The molecule has 0 spiro atoms. The Balaban J connectivity index is 1.34. The average molecular weight is 494 g/mol. The number of hydrogen-bond donors (Lipinski definition) is 3. The Kier molecular flexibility index (Phi) is 7.36. The van der Waals surface area contributed by atoms with E-state index in [1.165, 1.54) is 28.6 Å². The van der Waals surface area contributed by atoms with E-state index in [0.29, 0.717) is 37.3 Å². The molecule has 1 heterocycles. The number of carbonyl (C=O) groups excluding carboxylic acids is 2. The third kappa shape index (κ3) is 5.63. The number of carbonyl (C=O) groups is 2. The maximum atomic E-state index is 13.4. The first kappa shape index (κ1) is 24.3. The highest BCUT2D eigenvalue weighted by Gasteiger charge is 2.29. The van der Waals surface area contributed by atoms with Crippen molar-refractivity contribution < 1.29 is 23.1 Å². The normalized spacial score (nSPS) is 13.1. The van der Waals surface area contributed by atoms with Crippen LogP contribution in [0.1, 0.15) is 39.1 Å². The highest BCUT2D eigenvalue weighted by molar-refractivity contribution is 7.92. The lowest BCUT2D eigenvalue weighted by Crippen LogP contribution is -2.35. The predicted octanol–water partition coefficient (Wildman–Crippen LogP) is 3.08. The third-order valence-corrected chi connectivity index (χ3v) is 7.59. The van der Waals surface area contributed by atoms with Crippen LogP contribution in [-0.4, -0.2) is 45.0 Å². The van der Waals surface area contributed by atoms with Crippen LogP contribution < -0.4 is 14.9 Å². The highest BCUT2D eigenvalue weighted by Crippen LogP contribution is 2.31. The second kappa shape index (κ2) is 10.6. The molecule has 0 radical (unpaired) electrons. The average Bonchev–Trinajstić information content (AvgIpc) is 2.88. The number of sulfonamides is 1. The number of hydrogen-bond acceptors (Lipinski definition) is 5. The van der Waals surface area contributed by atoms with Crippen molar-refractivity contribution in [3.8, 4) is 5.75 Å². The Labute approximate surface area is 204 Å². The van der Waals surface area contributed by atoms with Crippen molar-refractivity contribution in [3.05, 3.63) is 89.5 Å². The van der Waals surface area contributed by atoms with E-state index in [2.05, 4.69) is 10.6 Å². The topological polar surface area (TPSA) is 116 Å². The van der Waals surface area contributed by atoms with Gasteiger partial charge in [0.1, 0.15) is 5.75 Å². The maximum absolute atomic E-state index is 13.4. The Morgan fingerprint density at radius 2 is 1.51 bits per heavy atom. The number of aryl methyl sites for hydroxylation is 1. The molecule has 3 aromatic carbocycles. The van der Waals surface area contributed by atoms with E-state index in [1.807, 2.05) is 24.3 Å². The van der Waals surface area contributed by atoms with Gasteiger partial charge in [-0.15, -0.1) is 0 Å². The van der Waals surface area contributed by atoms with Gasteiger partial charge in [0.2, 0.25) is 0 Å². The van der Waals surface area contributed by atoms with Crippen molar-refractivity contribution in [1.82, 2.24) is 10.6 Å². The molecule has 0 unspecified atom stereocenters. The molecule has 0 bridgehead atoms. The third-order valence-electron chi connectivity index (χ3n) is 5.78. The fraction of sp³-hybridized carbons (Fsp3) is 0.231. The molecule has 1 aliphatic heterocycles. The van der Waals surface area contributed by atoms with E-state index in [0.717, 1.165) is 18.4 Å². The van der Waals surface area contributed by atoms with Gasteiger partial charge in [-0.25, -0.2) is 8.42 Å². The summed E-state index contributed by atoms with van der Waals surface area (Å²) < 4.78 is 28.1. The molecule has 0 saturated carbocycles. The number of aromatic hydroxyl groups is 1. The Hall–Kier alpha value is -3.85. The molecule has 1 aliphatic rings. The summed E-state index contributed by atoms with van der Waals surface area (Å²) in [6.45, 7) is 1.03. The fourth-order valence-electron chi connectivity index (χ4n) is 4.02. The Morgan fingerprint density at radius 3 is 2.23 bits per heavy atom. The summed E-state index contributed by atoms with van der Waals surface area (Å²) in [5, 5.41) is 14.9. The van der Waals surface area contributed by atoms with Crippen LogP contribution in [0, 0.1) is 0 Å². The minimum absolute atomic E-state index is 0.0126. The van der Waals surface area contributed by atoms with Gasteiger partial charge in [0.05, 0.1) is 10.6 Å². The molecule has 4 rings (SSSR count). The first-order chi connectivity index (χ1) is 16.9. The molecule has 0 saturated heterocycles. The summed E-state index contributed by atoms with van der Waals surface area (Å²) in [6.07, 6.45) is 2.05. The molecule has 8 nitrogen and oxygen atoms in total. The van der Waals surface area contributed by atoms with Gasteiger partial charge in [0.15, 0.2) is 0 Å². The lowest BCUT2D eigenvalue weighted by Gasteiger charge is -2.30. The van der Waals surface area contributed by atoms with Crippen LogP contribution in [0.3, 0.4) is 0 Å². The van der Waals surface area contributed by atoms with Crippen molar-refractivity contribution in [2.75, 3.05) is 23.9 Å². The number of fused-ring (bicyclic) bond motifs is 1. The molecule has 0 fully saturated rings. The van der Waals surface area contributed by atoms with Gasteiger partial charge < -0.3 is 15.7 Å². The van der Waals surface area contributed by atoms with Gasteiger partial charge in [0.25, 0.3) is 21.8 Å². The van der Waals surface area contributed by atoms with E-state index >= 15 is 0 Å². The van der Waals surface area contributed by atoms with E-state index in [9.17, 15) is 23.1 Å². The van der Waals surface area contributed by atoms with Gasteiger partial charge in [-0.2, -0.15) is 0 Å². The van der Waals surface area contributed by atoms with Gasteiger partial charge >= 0.3 is 0 Å². The number of amides is 2. The molecule has 0 aromatic heterocycles. The van der Waals surface area contributed by atoms with Crippen molar-refractivity contribution in [1.29, 1.82) is 0 Å². The first-order valence-corrected chi connectivity index (χ1v) is 12.9. The minimum Gasteiger partial charge on any atom is -0.508 e. The summed E-state index contributed by atoms with van der Waals surface area (Å²) >= 11 is 0. The fourth-order valence-corrected chi connectivity index (χ4v) is 5.60. The molecule has 3 aromatic rings. The number of nitrogens with one attached hydrogen (secondary N) is 2. The molecule has 0 atom stereocenters. The zero-order chi connectivity index (χ0) is 24.8. The monoisotopic (exact) mass is 493 g/mol. The second-order valence-electron chi connectivity index (χ2n) is 8.25. The molecule has 3 N–H and O–H groups in total. The SMILES string of the molecule is O=C(NCCCNC(=O)c1cccc(S(=O)(=O)N2CCCc3ccccc32)c1)c1cccc(O)c1. The quantitative estimate of drug-likeness (QED) is 0.417. The number of phenolic OH excluding ortho intramolecular Hbond substituents is 1. The molecule has 9 heteroatoms. The van der Waals surface area contributed by atoms with Gasteiger partial charge in [-0.1, -0.05) is 30.3 Å². The van der Waals surface area contributed by atoms with Crippen LogP contribution in [0.4, 0.5) is 5.69 Å². The molecule has 35 heavy (non-hydrogen) atoms. The number of para-hydroxylation sites is 1. The van der Waals surface area contributed by atoms with E-state index in [-0.39, 0.29) is 28.0 Å². The zero-order valence-electron chi connectivity index (χ0n) is 19.1. The number of anilines is 1. The van der Waals surface area contributed by atoms with Crippen LogP contribution in [0.2, 0.25) is 0 Å². The zero-order valence-corrected chi connectivity index (χ0v) is 19.9. The highest BCUT2D eigenvalue weighted by atomic mass is 32.2. The first-order valence-electron chi connectivity index (χ1n) is 11.4. The van der Waals surface area contributed by atoms with Crippen molar-refractivity contribution in [2.45, 2.75) is 24.2 Å². The van der Waals surface area contributed by atoms with Crippen LogP contribution in [0.15, 0.2) is 77.7 Å². The Bertz CT molecular complexity index is 1340. The lowest BCUT2D eigenvalue weighted by molar-refractivity contribution is 0.0951. The van der Waals surface area contributed by atoms with E-state index < -0.39 is 10.0 Å². The number of phenols is 1. The summed E-state index contributed by atoms with van der Waals surface area (Å²) in [4.78, 5) is 24.8. The van der Waals surface area contributed by atoms with Gasteiger partial charge in [-0.3, -0.25) is 13.9 Å². The smallest absolute Gasteiger partial charge is 0.264 e.